The Morgan fingerprint density at radius 1 is 1.19 bits per heavy atom. The molecule has 0 spiro atoms. The Morgan fingerprint density at radius 2 is 1.75 bits per heavy atom. The maximum Gasteiger partial charge on any atom is 0.402 e. The van der Waals surface area contributed by atoms with E-state index in [1.54, 1.807) is 4.72 Å². The molecule has 0 unspecified atom stereocenters. The number of sulfonamides is 1. The van der Waals surface area contributed by atoms with Gasteiger partial charge in [-0.3, -0.25) is 10.9 Å². The maximum atomic E-state index is 11.8. The van der Waals surface area contributed by atoms with E-state index in [1.807, 2.05) is 0 Å². The number of hydrogen-bond donors (Lipinski definition) is 2. The molecular formula is C8H16F3NO2S2. The van der Waals surface area contributed by atoms with Crippen LogP contribution in [0.3, 0.4) is 0 Å². The lowest BCUT2D eigenvalue weighted by molar-refractivity contribution is -0.121. The van der Waals surface area contributed by atoms with Crippen LogP contribution in [0.2, 0.25) is 0 Å². The zero-order valence-electron chi connectivity index (χ0n) is 8.76. The van der Waals surface area contributed by atoms with Gasteiger partial charge in [-0.2, -0.15) is 13.2 Å². The molecule has 1 fully saturated rings. The van der Waals surface area contributed by atoms with Crippen molar-refractivity contribution in [1.29, 1.82) is 0 Å². The summed E-state index contributed by atoms with van der Waals surface area (Å²) >= 11 is 0. The average molecular weight is 279 g/mol. The molecule has 1 aliphatic heterocycles. The highest BCUT2D eigenvalue weighted by atomic mass is 32.2. The van der Waals surface area contributed by atoms with Gasteiger partial charge in [-0.1, -0.05) is 0 Å². The van der Waals surface area contributed by atoms with Crippen LogP contribution in [0.25, 0.3) is 0 Å². The summed E-state index contributed by atoms with van der Waals surface area (Å²) in [5.74, 6) is 2.48. The van der Waals surface area contributed by atoms with Crippen molar-refractivity contribution in [3.63, 3.8) is 0 Å². The first-order valence-corrected chi connectivity index (χ1v) is 8.60. The molecule has 1 aliphatic rings. The van der Waals surface area contributed by atoms with Gasteiger partial charge < -0.3 is 0 Å². The molecule has 0 aliphatic carbocycles. The van der Waals surface area contributed by atoms with Gasteiger partial charge in [0.25, 0.3) is 0 Å². The molecule has 16 heavy (non-hydrogen) atoms. The second kappa shape index (κ2) is 5.59. The Kier molecular flexibility index (Phi) is 4.93. The average Bonchev–Trinajstić information content (AvgIpc) is 2.64. The molecule has 0 radical (unpaired) electrons. The number of nitrogens with one attached hydrogen (secondary N) is 1. The van der Waals surface area contributed by atoms with Crippen molar-refractivity contribution in [1.82, 2.24) is 4.72 Å². The summed E-state index contributed by atoms with van der Waals surface area (Å²) in [6.45, 7) is -1.47. The number of halogens is 3. The van der Waals surface area contributed by atoms with Crippen molar-refractivity contribution >= 4 is 20.9 Å². The predicted molar refractivity (Wildman–Crippen MR) is 60.7 cm³/mol. The summed E-state index contributed by atoms with van der Waals surface area (Å²) in [7, 11) is -4.00. The molecule has 8 heteroatoms. The van der Waals surface area contributed by atoms with Crippen molar-refractivity contribution in [3.8, 4) is 0 Å². The fraction of sp³-hybridized carbons (Fsp3) is 1.00. The van der Waals surface area contributed by atoms with E-state index in [0.717, 1.165) is 24.3 Å². The highest BCUT2D eigenvalue weighted by Gasteiger charge is 2.29. The Morgan fingerprint density at radius 3 is 2.25 bits per heavy atom. The van der Waals surface area contributed by atoms with Crippen LogP contribution in [0.5, 0.6) is 0 Å². The van der Waals surface area contributed by atoms with Crippen molar-refractivity contribution in [2.24, 2.45) is 0 Å². The van der Waals surface area contributed by atoms with E-state index in [-0.39, 0.29) is 16.6 Å². The van der Waals surface area contributed by atoms with Gasteiger partial charge in [-0.25, -0.2) is 13.1 Å². The largest absolute Gasteiger partial charge is 0.402 e. The van der Waals surface area contributed by atoms with E-state index in [2.05, 4.69) is 0 Å². The third-order valence-electron chi connectivity index (χ3n) is 2.37. The minimum Gasteiger partial charge on any atom is -0.252 e. The third kappa shape index (κ3) is 5.95. The van der Waals surface area contributed by atoms with Crippen LogP contribution >= 0.6 is 10.9 Å². The van der Waals surface area contributed by atoms with E-state index in [0.29, 0.717) is 5.75 Å². The summed E-state index contributed by atoms with van der Waals surface area (Å²) in [5.41, 5.74) is 0. The molecule has 0 atom stereocenters. The fourth-order valence-corrected chi connectivity index (χ4v) is 6.05. The van der Waals surface area contributed by atoms with E-state index >= 15 is 0 Å². The van der Waals surface area contributed by atoms with E-state index < -0.39 is 22.7 Å². The minimum absolute atomic E-state index is 0.172. The molecule has 3 nitrogen and oxygen atoms in total. The van der Waals surface area contributed by atoms with Gasteiger partial charge in [0.1, 0.15) is 6.54 Å². The van der Waals surface area contributed by atoms with Gasteiger partial charge in [-0.05, 0) is 30.1 Å². The molecule has 1 heterocycles. The lowest BCUT2D eigenvalue weighted by atomic mass is 10.4. The maximum absolute atomic E-state index is 11.8. The molecule has 0 amide bonds. The first-order valence-electron chi connectivity index (χ1n) is 5.05. The molecule has 0 saturated carbocycles. The fourth-order valence-electron chi connectivity index (χ4n) is 1.52. The molecule has 1 rings (SSSR count). The Bertz CT molecular complexity index is 310. The number of alkyl halides is 3. The lowest BCUT2D eigenvalue weighted by Gasteiger charge is -2.14. The van der Waals surface area contributed by atoms with Crippen LogP contribution in [-0.2, 0) is 10.0 Å². The molecular weight excluding hydrogens is 263 g/mol. The Balaban J connectivity index is 2.28. The van der Waals surface area contributed by atoms with Crippen molar-refractivity contribution < 1.29 is 21.6 Å². The van der Waals surface area contributed by atoms with Crippen molar-refractivity contribution in [2.45, 2.75) is 19.0 Å². The summed E-state index contributed by atoms with van der Waals surface area (Å²) in [6, 6.07) is 0. The first kappa shape index (κ1) is 14.1. The van der Waals surface area contributed by atoms with Crippen molar-refractivity contribution in [2.75, 3.05) is 29.6 Å². The summed E-state index contributed by atoms with van der Waals surface area (Å²) in [6.07, 6.45) is -2.23. The van der Waals surface area contributed by atoms with Gasteiger partial charge in [-0.15, -0.1) is 0 Å². The zero-order valence-corrected chi connectivity index (χ0v) is 10.5. The molecule has 1 saturated heterocycles. The van der Waals surface area contributed by atoms with E-state index in [4.69, 9.17) is 0 Å². The summed E-state index contributed by atoms with van der Waals surface area (Å²) in [5, 5.41) is 0. The van der Waals surface area contributed by atoms with Crippen molar-refractivity contribution in [3.05, 3.63) is 0 Å². The quantitative estimate of drug-likeness (QED) is 0.744. The summed E-state index contributed by atoms with van der Waals surface area (Å²) in [4.78, 5) is 0. The second-order valence-corrected chi connectivity index (χ2v) is 8.41. The predicted octanol–water partition coefficient (Wildman–Crippen LogP) is 1.26. The molecule has 0 aromatic heterocycles. The van der Waals surface area contributed by atoms with Crippen LogP contribution < -0.4 is 4.72 Å². The van der Waals surface area contributed by atoms with Gasteiger partial charge >= 0.3 is 6.18 Å². The second-order valence-electron chi connectivity index (χ2n) is 3.80. The van der Waals surface area contributed by atoms with Gasteiger partial charge in [0.15, 0.2) is 0 Å². The molecule has 1 N–H and O–H groups in total. The molecule has 0 aromatic rings. The standard InChI is InChI=1S/C8H16F3NO2S2/c9-8(10,11)7-12-16(13,14)6-5-15-3-1-2-4-15/h12,15H,1-7H2. The van der Waals surface area contributed by atoms with Gasteiger partial charge in [0, 0.05) is 0 Å². The highest BCUT2D eigenvalue weighted by Crippen LogP contribution is 2.34. The monoisotopic (exact) mass is 279 g/mol. The van der Waals surface area contributed by atoms with Gasteiger partial charge in [0.05, 0.1) is 5.75 Å². The molecule has 0 bridgehead atoms. The number of rotatable bonds is 5. The van der Waals surface area contributed by atoms with Gasteiger partial charge in [0.2, 0.25) is 10.0 Å². The normalized spacial score (nSPS) is 20.3. The first-order chi connectivity index (χ1) is 7.29. The van der Waals surface area contributed by atoms with E-state index in [1.165, 1.54) is 0 Å². The van der Waals surface area contributed by atoms with Crippen LogP contribution in [-0.4, -0.2) is 44.2 Å². The lowest BCUT2D eigenvalue weighted by Crippen LogP contribution is -2.36. The topological polar surface area (TPSA) is 46.2 Å². The SMILES string of the molecule is O=S(=O)(CC[SH]1CCCC1)NCC(F)(F)F. The third-order valence-corrected chi connectivity index (χ3v) is 6.75. The highest BCUT2D eigenvalue weighted by molar-refractivity contribution is 8.17. The molecule has 98 valence electrons. The van der Waals surface area contributed by atoms with Crippen LogP contribution in [0.1, 0.15) is 12.8 Å². The summed E-state index contributed by atoms with van der Waals surface area (Å²) < 4.78 is 59.5. The Labute approximate surface area is 96.2 Å². The number of hydrogen-bond acceptors (Lipinski definition) is 2. The number of thiol groups is 1. The Hall–Kier alpha value is 0.0500. The smallest absolute Gasteiger partial charge is 0.252 e. The van der Waals surface area contributed by atoms with Crippen LogP contribution in [0.4, 0.5) is 13.2 Å². The zero-order chi connectivity index (χ0) is 12.2. The minimum atomic E-state index is -4.48. The molecule has 0 aromatic carbocycles. The van der Waals surface area contributed by atoms with Crippen LogP contribution in [0, 0.1) is 0 Å². The van der Waals surface area contributed by atoms with Crippen LogP contribution in [0.15, 0.2) is 0 Å². The van der Waals surface area contributed by atoms with E-state index in [9.17, 15) is 21.6 Å².